The quantitative estimate of drug-likeness (QED) is 0.589. The molecule has 0 aliphatic heterocycles. The average molecular weight is 272 g/mol. The highest BCUT2D eigenvalue weighted by Gasteiger charge is 2.38. The number of rotatable bonds is 6. The molecule has 0 aliphatic carbocycles. The van der Waals surface area contributed by atoms with Crippen molar-refractivity contribution in [2.24, 2.45) is 0 Å². The van der Waals surface area contributed by atoms with E-state index >= 15 is 0 Å². The normalized spacial score (nSPS) is 12.1. The summed E-state index contributed by atoms with van der Waals surface area (Å²) in [7, 11) is 0. The van der Waals surface area contributed by atoms with E-state index in [1.54, 1.807) is 0 Å². The molecule has 0 aromatic carbocycles. The highest BCUT2D eigenvalue weighted by Crippen LogP contribution is 2.31. The van der Waals surface area contributed by atoms with Crippen molar-refractivity contribution >= 4 is 11.6 Å². The van der Waals surface area contributed by atoms with Crippen molar-refractivity contribution in [2.45, 2.75) is 31.9 Å². The van der Waals surface area contributed by atoms with Crippen LogP contribution in [0.15, 0.2) is 0 Å². The zero-order valence-electron chi connectivity index (χ0n) is 9.30. The zero-order valence-corrected chi connectivity index (χ0v) is 10.1. The van der Waals surface area contributed by atoms with Crippen LogP contribution in [-0.2, 0) is 23.3 Å². The molecule has 0 saturated carbocycles. The minimum atomic E-state index is -4.49. The van der Waals surface area contributed by atoms with Gasteiger partial charge in [-0.3, -0.25) is 0 Å². The van der Waals surface area contributed by atoms with E-state index in [2.05, 4.69) is 10.3 Å². The summed E-state index contributed by atoms with van der Waals surface area (Å²) in [5.41, 5.74) is -1.11. The van der Waals surface area contributed by atoms with Gasteiger partial charge in [-0.15, -0.1) is 16.7 Å². The largest absolute Gasteiger partial charge is 0.434 e. The number of aromatic nitrogens is 3. The summed E-state index contributed by atoms with van der Waals surface area (Å²) >= 11 is 5.39. The van der Waals surface area contributed by atoms with E-state index in [1.165, 1.54) is 0 Å². The van der Waals surface area contributed by atoms with Crippen LogP contribution in [0, 0.1) is 0 Å². The fraction of sp³-hybridized carbons (Fsp3) is 0.778. The molecule has 0 amide bonds. The van der Waals surface area contributed by atoms with Gasteiger partial charge in [0.25, 0.3) is 0 Å². The Balaban J connectivity index is 2.75. The molecule has 0 fully saturated rings. The Morgan fingerprint density at radius 2 is 2.12 bits per heavy atom. The molecule has 0 aliphatic rings. The number of alkyl halides is 4. The molecule has 0 saturated heterocycles. The maximum atomic E-state index is 12.7. The van der Waals surface area contributed by atoms with Gasteiger partial charge in [-0.25, -0.2) is 4.68 Å². The monoisotopic (exact) mass is 271 g/mol. The van der Waals surface area contributed by atoms with Crippen molar-refractivity contribution in [3.8, 4) is 0 Å². The van der Waals surface area contributed by atoms with Gasteiger partial charge in [0, 0.05) is 19.8 Å². The van der Waals surface area contributed by atoms with E-state index < -0.39 is 11.9 Å². The first kappa shape index (κ1) is 14.2. The summed E-state index contributed by atoms with van der Waals surface area (Å²) in [6.07, 6.45) is -4.04. The lowest BCUT2D eigenvalue weighted by Gasteiger charge is -2.10. The third-order valence-electron chi connectivity index (χ3n) is 2.06. The van der Waals surface area contributed by atoms with Gasteiger partial charge in [-0.1, -0.05) is 5.21 Å². The number of ether oxygens (including phenoxy) is 1. The average Bonchev–Trinajstić information content (AvgIpc) is 2.67. The van der Waals surface area contributed by atoms with Crippen LogP contribution >= 0.6 is 11.6 Å². The van der Waals surface area contributed by atoms with Crippen molar-refractivity contribution < 1.29 is 17.9 Å². The first-order chi connectivity index (χ1) is 8.00. The predicted molar refractivity (Wildman–Crippen MR) is 55.7 cm³/mol. The Bertz CT molecular complexity index is 354. The van der Waals surface area contributed by atoms with Crippen molar-refractivity contribution in [3.05, 3.63) is 11.4 Å². The van der Waals surface area contributed by atoms with Crippen molar-refractivity contribution in [2.75, 3.05) is 13.2 Å². The predicted octanol–water partition coefficient (Wildman–Crippen LogP) is 2.46. The molecule has 1 rings (SSSR count). The SMILES string of the molecule is CCOCCCn1nnc(CCl)c1C(F)(F)F. The molecule has 0 spiro atoms. The highest BCUT2D eigenvalue weighted by molar-refractivity contribution is 6.16. The second kappa shape index (κ2) is 6.20. The van der Waals surface area contributed by atoms with Gasteiger partial charge in [-0.2, -0.15) is 13.2 Å². The van der Waals surface area contributed by atoms with E-state index in [4.69, 9.17) is 16.3 Å². The topological polar surface area (TPSA) is 39.9 Å². The van der Waals surface area contributed by atoms with E-state index in [0.717, 1.165) is 4.68 Å². The molecule has 0 bridgehead atoms. The van der Waals surface area contributed by atoms with Gasteiger partial charge in [0.2, 0.25) is 0 Å². The van der Waals surface area contributed by atoms with Crippen LogP contribution in [-0.4, -0.2) is 28.2 Å². The molecule has 98 valence electrons. The van der Waals surface area contributed by atoms with Gasteiger partial charge >= 0.3 is 6.18 Å². The van der Waals surface area contributed by atoms with E-state index in [0.29, 0.717) is 19.6 Å². The maximum absolute atomic E-state index is 12.7. The third kappa shape index (κ3) is 3.85. The van der Waals surface area contributed by atoms with Crippen molar-refractivity contribution in [1.29, 1.82) is 0 Å². The Morgan fingerprint density at radius 3 is 2.65 bits per heavy atom. The Kier molecular flexibility index (Phi) is 5.20. The lowest BCUT2D eigenvalue weighted by atomic mass is 10.3. The van der Waals surface area contributed by atoms with Crippen LogP contribution in [0.3, 0.4) is 0 Å². The van der Waals surface area contributed by atoms with Crippen LogP contribution in [0.25, 0.3) is 0 Å². The summed E-state index contributed by atoms with van der Waals surface area (Å²) in [6, 6.07) is 0. The van der Waals surface area contributed by atoms with Crippen LogP contribution < -0.4 is 0 Å². The van der Waals surface area contributed by atoms with Crippen molar-refractivity contribution in [3.63, 3.8) is 0 Å². The Labute approximate surface area is 102 Å². The minimum absolute atomic E-state index is 0.110. The smallest absolute Gasteiger partial charge is 0.382 e. The lowest BCUT2D eigenvalue weighted by Crippen LogP contribution is -2.17. The number of nitrogens with zero attached hydrogens (tertiary/aromatic N) is 3. The molecule has 1 heterocycles. The summed E-state index contributed by atoms with van der Waals surface area (Å²) < 4.78 is 44.0. The van der Waals surface area contributed by atoms with Crippen molar-refractivity contribution in [1.82, 2.24) is 15.0 Å². The number of hydrogen-bond donors (Lipinski definition) is 0. The van der Waals surface area contributed by atoms with Gasteiger partial charge in [0.15, 0.2) is 5.69 Å². The molecule has 17 heavy (non-hydrogen) atoms. The fourth-order valence-corrected chi connectivity index (χ4v) is 1.55. The molecular formula is C9H13ClF3N3O. The van der Waals surface area contributed by atoms with E-state index in [-0.39, 0.29) is 18.1 Å². The molecule has 0 atom stereocenters. The third-order valence-corrected chi connectivity index (χ3v) is 2.32. The standard InChI is InChI=1S/C9H13ClF3N3O/c1-2-17-5-3-4-16-8(9(11,12)13)7(6-10)14-15-16/h2-6H2,1H3. The van der Waals surface area contributed by atoms with Crippen LogP contribution in [0.4, 0.5) is 13.2 Å². The molecular weight excluding hydrogens is 259 g/mol. The lowest BCUT2D eigenvalue weighted by molar-refractivity contribution is -0.144. The fourth-order valence-electron chi connectivity index (χ4n) is 1.37. The number of hydrogen-bond acceptors (Lipinski definition) is 3. The molecule has 0 unspecified atom stereocenters. The van der Waals surface area contributed by atoms with Gasteiger partial charge in [0.1, 0.15) is 5.69 Å². The van der Waals surface area contributed by atoms with Gasteiger partial charge in [0.05, 0.1) is 5.88 Å². The van der Waals surface area contributed by atoms with Crippen LogP contribution in [0.5, 0.6) is 0 Å². The summed E-state index contributed by atoms with van der Waals surface area (Å²) in [5, 5.41) is 6.88. The first-order valence-electron chi connectivity index (χ1n) is 5.14. The Hall–Kier alpha value is -0.820. The molecule has 4 nitrogen and oxygen atoms in total. The van der Waals surface area contributed by atoms with Crippen LogP contribution in [0.1, 0.15) is 24.7 Å². The second-order valence-electron chi connectivity index (χ2n) is 3.29. The summed E-state index contributed by atoms with van der Waals surface area (Å²) in [4.78, 5) is 0. The molecule has 1 aromatic heterocycles. The zero-order chi connectivity index (χ0) is 12.9. The van der Waals surface area contributed by atoms with Gasteiger partial charge in [-0.05, 0) is 13.3 Å². The number of halogens is 4. The molecule has 1 aromatic rings. The summed E-state index contributed by atoms with van der Waals surface area (Å²) in [6.45, 7) is 2.86. The number of aryl methyl sites for hydroxylation is 1. The second-order valence-corrected chi connectivity index (χ2v) is 3.56. The van der Waals surface area contributed by atoms with Crippen LogP contribution in [0.2, 0.25) is 0 Å². The maximum Gasteiger partial charge on any atom is 0.434 e. The first-order valence-corrected chi connectivity index (χ1v) is 5.67. The molecule has 0 radical (unpaired) electrons. The summed E-state index contributed by atoms with van der Waals surface area (Å²) in [5.74, 6) is -0.305. The van der Waals surface area contributed by atoms with Gasteiger partial charge < -0.3 is 4.74 Å². The molecule has 0 N–H and O–H groups in total. The van der Waals surface area contributed by atoms with E-state index in [1.807, 2.05) is 6.92 Å². The minimum Gasteiger partial charge on any atom is -0.382 e. The Morgan fingerprint density at radius 1 is 1.41 bits per heavy atom. The highest BCUT2D eigenvalue weighted by atomic mass is 35.5. The molecule has 8 heteroatoms. The van der Waals surface area contributed by atoms with E-state index in [9.17, 15) is 13.2 Å².